The zero-order valence-corrected chi connectivity index (χ0v) is 13.2. The van der Waals surface area contributed by atoms with Crippen LogP contribution in [0.15, 0.2) is 60.7 Å². The normalized spacial score (nSPS) is 10.9. The Morgan fingerprint density at radius 3 is 2.52 bits per heavy atom. The predicted octanol–water partition coefficient (Wildman–Crippen LogP) is 4.67. The number of halogens is 1. The molecule has 0 unspecified atom stereocenters. The Balaban J connectivity index is 1.83. The van der Waals surface area contributed by atoms with Gasteiger partial charge in [-0.15, -0.1) is 0 Å². The summed E-state index contributed by atoms with van der Waals surface area (Å²) in [5, 5.41) is 5.68. The molecule has 118 valence electrons. The first-order chi connectivity index (χ1) is 11.3. The summed E-state index contributed by atoms with van der Waals surface area (Å²) < 4.78 is 19.5. The third kappa shape index (κ3) is 3.51. The van der Waals surface area contributed by atoms with E-state index in [2.05, 4.69) is 23.5 Å². The van der Waals surface area contributed by atoms with Crippen LogP contribution in [0.4, 0.5) is 4.39 Å². The van der Waals surface area contributed by atoms with Crippen molar-refractivity contribution in [2.24, 2.45) is 0 Å². The molecule has 3 aromatic carbocycles. The fourth-order valence-corrected chi connectivity index (χ4v) is 2.75. The van der Waals surface area contributed by atoms with Crippen molar-refractivity contribution in [2.45, 2.75) is 20.0 Å². The fraction of sp³-hybridized carbons (Fsp3) is 0.200. The van der Waals surface area contributed by atoms with Crippen LogP contribution in [-0.2, 0) is 13.1 Å². The van der Waals surface area contributed by atoms with Gasteiger partial charge >= 0.3 is 0 Å². The molecular weight excluding hydrogens is 289 g/mol. The summed E-state index contributed by atoms with van der Waals surface area (Å²) in [6.45, 7) is 3.72. The topological polar surface area (TPSA) is 21.3 Å². The van der Waals surface area contributed by atoms with Crippen LogP contribution in [0.2, 0.25) is 0 Å². The highest BCUT2D eigenvalue weighted by molar-refractivity contribution is 5.87. The molecule has 3 heteroatoms. The monoisotopic (exact) mass is 309 g/mol. The number of fused-ring (bicyclic) bond motifs is 1. The molecule has 0 atom stereocenters. The Labute approximate surface area is 135 Å². The van der Waals surface area contributed by atoms with E-state index in [0.717, 1.165) is 11.3 Å². The second-order valence-corrected chi connectivity index (χ2v) is 5.39. The van der Waals surface area contributed by atoms with Crippen molar-refractivity contribution in [2.75, 3.05) is 6.61 Å². The number of rotatable bonds is 6. The van der Waals surface area contributed by atoms with Gasteiger partial charge in [0.2, 0.25) is 0 Å². The minimum absolute atomic E-state index is 0.178. The second kappa shape index (κ2) is 7.25. The highest BCUT2D eigenvalue weighted by Crippen LogP contribution is 2.28. The summed E-state index contributed by atoms with van der Waals surface area (Å²) in [7, 11) is 0. The number of hydrogen-bond acceptors (Lipinski definition) is 2. The van der Waals surface area contributed by atoms with Crippen LogP contribution in [0.5, 0.6) is 5.75 Å². The minimum Gasteiger partial charge on any atom is -0.494 e. The van der Waals surface area contributed by atoms with Crippen molar-refractivity contribution in [1.29, 1.82) is 0 Å². The van der Waals surface area contributed by atoms with Gasteiger partial charge in [0.1, 0.15) is 11.6 Å². The molecule has 23 heavy (non-hydrogen) atoms. The third-order valence-electron chi connectivity index (χ3n) is 3.87. The lowest BCUT2D eigenvalue weighted by Crippen LogP contribution is -2.15. The standard InChI is InChI=1S/C20H20FNO/c1-2-23-20-12-11-15-7-3-5-9-17(15)18(20)14-22-13-16-8-4-6-10-19(16)21/h3-12,22H,2,13-14H2,1H3. The van der Waals surface area contributed by atoms with Crippen LogP contribution in [-0.4, -0.2) is 6.61 Å². The third-order valence-corrected chi connectivity index (χ3v) is 3.87. The maximum absolute atomic E-state index is 13.7. The van der Waals surface area contributed by atoms with E-state index in [1.54, 1.807) is 12.1 Å². The van der Waals surface area contributed by atoms with E-state index in [-0.39, 0.29) is 5.82 Å². The maximum Gasteiger partial charge on any atom is 0.127 e. The average Bonchev–Trinajstić information content (AvgIpc) is 2.58. The molecule has 0 spiro atoms. The van der Waals surface area contributed by atoms with E-state index in [1.165, 1.54) is 16.8 Å². The van der Waals surface area contributed by atoms with Gasteiger partial charge in [0, 0.05) is 24.2 Å². The SMILES string of the molecule is CCOc1ccc2ccccc2c1CNCc1ccccc1F. The van der Waals surface area contributed by atoms with Gasteiger partial charge in [-0.25, -0.2) is 4.39 Å². The first-order valence-corrected chi connectivity index (χ1v) is 7.87. The van der Waals surface area contributed by atoms with Crippen molar-refractivity contribution < 1.29 is 9.13 Å². The Bertz CT molecular complexity index is 801. The van der Waals surface area contributed by atoms with Gasteiger partial charge in [0.15, 0.2) is 0 Å². The second-order valence-electron chi connectivity index (χ2n) is 5.39. The van der Waals surface area contributed by atoms with Gasteiger partial charge < -0.3 is 10.1 Å². The summed E-state index contributed by atoms with van der Waals surface area (Å²) in [5.74, 6) is 0.704. The van der Waals surface area contributed by atoms with Gasteiger partial charge in [0.05, 0.1) is 6.61 Å². The number of hydrogen-bond donors (Lipinski definition) is 1. The van der Waals surface area contributed by atoms with Crippen molar-refractivity contribution >= 4 is 10.8 Å². The quantitative estimate of drug-likeness (QED) is 0.714. The van der Waals surface area contributed by atoms with Crippen LogP contribution in [0.1, 0.15) is 18.1 Å². The molecule has 0 aliphatic rings. The lowest BCUT2D eigenvalue weighted by molar-refractivity contribution is 0.336. The predicted molar refractivity (Wildman–Crippen MR) is 92.1 cm³/mol. The molecule has 3 aromatic rings. The van der Waals surface area contributed by atoms with Crippen LogP contribution >= 0.6 is 0 Å². The molecule has 3 rings (SSSR count). The van der Waals surface area contributed by atoms with Gasteiger partial charge in [-0.05, 0) is 29.8 Å². The van der Waals surface area contributed by atoms with E-state index in [0.29, 0.717) is 25.3 Å². The molecule has 0 aliphatic carbocycles. The molecule has 0 amide bonds. The Kier molecular flexibility index (Phi) is 4.89. The zero-order chi connectivity index (χ0) is 16.1. The molecule has 0 radical (unpaired) electrons. The fourth-order valence-electron chi connectivity index (χ4n) is 2.75. The van der Waals surface area contributed by atoms with Crippen molar-refractivity contribution in [3.8, 4) is 5.75 Å². The number of ether oxygens (including phenoxy) is 1. The maximum atomic E-state index is 13.7. The van der Waals surface area contributed by atoms with E-state index >= 15 is 0 Å². The summed E-state index contributed by atoms with van der Waals surface area (Å²) in [6.07, 6.45) is 0. The molecule has 0 saturated heterocycles. The zero-order valence-electron chi connectivity index (χ0n) is 13.2. The first kappa shape index (κ1) is 15.5. The lowest BCUT2D eigenvalue weighted by atomic mass is 10.0. The molecule has 0 heterocycles. The molecule has 0 saturated carbocycles. The van der Waals surface area contributed by atoms with Crippen LogP contribution in [0.25, 0.3) is 10.8 Å². The van der Waals surface area contributed by atoms with Crippen molar-refractivity contribution in [1.82, 2.24) is 5.32 Å². The summed E-state index contributed by atoms with van der Waals surface area (Å²) >= 11 is 0. The van der Waals surface area contributed by atoms with Crippen molar-refractivity contribution in [3.63, 3.8) is 0 Å². The Morgan fingerprint density at radius 1 is 0.913 bits per heavy atom. The summed E-state index contributed by atoms with van der Waals surface area (Å²) in [5.41, 5.74) is 1.78. The highest BCUT2D eigenvalue weighted by atomic mass is 19.1. The van der Waals surface area contributed by atoms with E-state index in [9.17, 15) is 4.39 Å². The summed E-state index contributed by atoms with van der Waals surface area (Å²) in [4.78, 5) is 0. The molecular formula is C20H20FNO. The number of benzene rings is 3. The lowest BCUT2D eigenvalue weighted by Gasteiger charge is -2.14. The van der Waals surface area contributed by atoms with Gasteiger partial charge in [-0.2, -0.15) is 0 Å². The number of nitrogens with one attached hydrogen (secondary N) is 1. The largest absolute Gasteiger partial charge is 0.494 e. The first-order valence-electron chi connectivity index (χ1n) is 7.87. The van der Waals surface area contributed by atoms with Crippen LogP contribution < -0.4 is 10.1 Å². The Hall–Kier alpha value is -2.39. The molecule has 0 aliphatic heterocycles. The van der Waals surface area contributed by atoms with Gasteiger partial charge in [-0.1, -0.05) is 48.5 Å². The van der Waals surface area contributed by atoms with E-state index in [1.807, 2.05) is 31.2 Å². The molecule has 0 bridgehead atoms. The van der Waals surface area contributed by atoms with E-state index in [4.69, 9.17) is 4.74 Å². The van der Waals surface area contributed by atoms with Gasteiger partial charge in [-0.3, -0.25) is 0 Å². The van der Waals surface area contributed by atoms with Gasteiger partial charge in [0.25, 0.3) is 0 Å². The minimum atomic E-state index is -0.178. The summed E-state index contributed by atoms with van der Waals surface area (Å²) in [6, 6.07) is 19.2. The Morgan fingerprint density at radius 2 is 1.70 bits per heavy atom. The molecule has 0 fully saturated rings. The van der Waals surface area contributed by atoms with Crippen molar-refractivity contribution in [3.05, 3.63) is 77.6 Å². The molecule has 2 nitrogen and oxygen atoms in total. The average molecular weight is 309 g/mol. The molecule has 0 aromatic heterocycles. The van der Waals surface area contributed by atoms with Crippen LogP contribution in [0.3, 0.4) is 0 Å². The molecule has 1 N–H and O–H groups in total. The van der Waals surface area contributed by atoms with E-state index < -0.39 is 0 Å². The highest BCUT2D eigenvalue weighted by Gasteiger charge is 2.09. The van der Waals surface area contributed by atoms with Crippen LogP contribution in [0, 0.1) is 5.82 Å². The smallest absolute Gasteiger partial charge is 0.127 e.